The molecule has 0 radical (unpaired) electrons. The largest absolute Gasteiger partial charge is 0.508 e. The van der Waals surface area contributed by atoms with E-state index < -0.39 is 12.2 Å². The lowest BCUT2D eigenvalue weighted by Crippen LogP contribution is -2.39. The molecular formula is C51H62O7. The lowest BCUT2D eigenvalue weighted by Gasteiger charge is -2.42. The van der Waals surface area contributed by atoms with Gasteiger partial charge in [0.25, 0.3) is 0 Å². The summed E-state index contributed by atoms with van der Waals surface area (Å²) < 4.78 is 26.2. The second-order valence-corrected chi connectivity index (χ2v) is 19.0. The van der Waals surface area contributed by atoms with Crippen molar-refractivity contribution in [2.24, 2.45) is 35.0 Å². The SMILES string of the molecule is CCC1CC(C2Cc3cc(O)c(CC(C)C)cc3-c3c(OC)cc4c(c32)CC(O)C(c2ccc3c(c2)OC2CC5(CCCC5)CCC2CC#CO3)O4)C=CC1CCO. The van der Waals surface area contributed by atoms with Crippen molar-refractivity contribution in [2.75, 3.05) is 13.7 Å². The summed E-state index contributed by atoms with van der Waals surface area (Å²) in [5, 5.41) is 33.4. The molecule has 308 valence electrons. The molecule has 58 heavy (non-hydrogen) atoms. The highest BCUT2D eigenvalue weighted by Gasteiger charge is 2.45. The van der Waals surface area contributed by atoms with E-state index in [0.717, 1.165) is 96.2 Å². The highest BCUT2D eigenvalue weighted by atomic mass is 16.5. The number of methoxy groups -OCH3 is 1. The van der Waals surface area contributed by atoms with E-state index in [9.17, 15) is 15.3 Å². The fraction of sp³-hybridized carbons (Fsp3) is 0.569. The smallest absolute Gasteiger partial charge is 0.182 e. The molecule has 2 fully saturated rings. The molecule has 0 aromatic heterocycles. The molecule has 0 saturated heterocycles. The summed E-state index contributed by atoms with van der Waals surface area (Å²) in [5.41, 5.74) is 7.67. The van der Waals surface area contributed by atoms with E-state index in [0.29, 0.717) is 52.8 Å². The number of aliphatic hydroxyl groups excluding tert-OH is 2. The van der Waals surface area contributed by atoms with Crippen LogP contribution in [0.1, 0.15) is 131 Å². The minimum absolute atomic E-state index is 0.0772. The average Bonchev–Trinajstić information content (AvgIpc) is 3.70. The Kier molecular flexibility index (Phi) is 11.0. The third kappa shape index (κ3) is 7.27. The van der Waals surface area contributed by atoms with E-state index >= 15 is 0 Å². The van der Waals surface area contributed by atoms with E-state index in [1.54, 1.807) is 7.11 Å². The molecule has 2 aliphatic heterocycles. The highest BCUT2D eigenvalue weighted by molar-refractivity contribution is 5.83. The molecule has 3 aromatic rings. The molecule has 3 N–H and O–H groups in total. The van der Waals surface area contributed by atoms with Crippen LogP contribution in [-0.4, -0.2) is 41.2 Å². The van der Waals surface area contributed by atoms with E-state index in [-0.39, 0.29) is 24.5 Å². The minimum atomic E-state index is -0.804. The molecule has 7 nitrogen and oxygen atoms in total. The van der Waals surface area contributed by atoms with Gasteiger partial charge in [-0.1, -0.05) is 64.2 Å². The maximum absolute atomic E-state index is 12.2. The van der Waals surface area contributed by atoms with Crippen molar-refractivity contribution in [1.29, 1.82) is 0 Å². The van der Waals surface area contributed by atoms with Crippen molar-refractivity contribution < 1.29 is 34.3 Å². The number of hydrogen-bond donors (Lipinski definition) is 3. The van der Waals surface area contributed by atoms with Crippen LogP contribution in [-0.2, 0) is 19.3 Å². The number of phenolic OH excluding ortho intramolecular Hbond substituents is 1. The van der Waals surface area contributed by atoms with Gasteiger partial charge in [-0.3, -0.25) is 0 Å². The fourth-order valence-corrected chi connectivity index (χ4v) is 12.0. The summed E-state index contributed by atoms with van der Waals surface area (Å²) >= 11 is 0. The summed E-state index contributed by atoms with van der Waals surface area (Å²) in [6.45, 7) is 6.80. The number of allylic oxidation sites excluding steroid dienone is 2. The molecule has 4 aliphatic carbocycles. The van der Waals surface area contributed by atoms with Crippen molar-refractivity contribution in [3.05, 3.63) is 76.4 Å². The Morgan fingerprint density at radius 3 is 2.60 bits per heavy atom. The fourth-order valence-electron chi connectivity index (χ4n) is 12.0. The van der Waals surface area contributed by atoms with Crippen LogP contribution < -0.4 is 18.9 Å². The van der Waals surface area contributed by atoms with Crippen molar-refractivity contribution in [1.82, 2.24) is 0 Å². The number of ether oxygens (including phenoxy) is 4. The third-order valence-electron chi connectivity index (χ3n) is 15.0. The zero-order chi connectivity index (χ0) is 40.1. The Morgan fingerprint density at radius 1 is 0.983 bits per heavy atom. The molecule has 8 unspecified atom stereocenters. The summed E-state index contributed by atoms with van der Waals surface area (Å²) in [5.74, 6) is 8.32. The summed E-state index contributed by atoms with van der Waals surface area (Å²) in [7, 11) is 1.73. The number of rotatable bonds is 8. The monoisotopic (exact) mass is 786 g/mol. The Hall–Kier alpha value is -4.12. The third-order valence-corrected chi connectivity index (χ3v) is 15.0. The van der Waals surface area contributed by atoms with E-state index in [1.807, 2.05) is 30.3 Å². The second kappa shape index (κ2) is 16.1. The van der Waals surface area contributed by atoms with Crippen molar-refractivity contribution in [3.8, 4) is 51.9 Å². The lowest BCUT2D eigenvalue weighted by atomic mass is 9.65. The number of benzene rings is 3. The van der Waals surface area contributed by atoms with Crippen LogP contribution in [0.25, 0.3) is 11.1 Å². The molecule has 2 heterocycles. The van der Waals surface area contributed by atoms with Crippen molar-refractivity contribution in [2.45, 2.75) is 135 Å². The second-order valence-electron chi connectivity index (χ2n) is 19.0. The molecule has 2 saturated carbocycles. The van der Waals surface area contributed by atoms with E-state index in [2.05, 4.69) is 51.0 Å². The predicted molar refractivity (Wildman–Crippen MR) is 227 cm³/mol. The molecule has 0 amide bonds. The summed E-state index contributed by atoms with van der Waals surface area (Å²) in [6, 6.07) is 12.1. The average molecular weight is 787 g/mol. The first-order chi connectivity index (χ1) is 28.2. The zero-order valence-electron chi connectivity index (χ0n) is 34.9. The molecule has 3 aromatic carbocycles. The van der Waals surface area contributed by atoms with Gasteiger partial charge in [0.05, 0.1) is 13.2 Å². The molecule has 8 atom stereocenters. The highest BCUT2D eigenvalue weighted by Crippen LogP contribution is 2.57. The van der Waals surface area contributed by atoms with Gasteiger partial charge in [0.15, 0.2) is 11.5 Å². The Balaban J connectivity index is 1.10. The molecule has 7 heteroatoms. The number of aromatic hydroxyl groups is 1. The maximum Gasteiger partial charge on any atom is 0.182 e. The maximum atomic E-state index is 12.2. The molecule has 9 rings (SSSR count). The molecule has 6 aliphatic rings. The van der Waals surface area contributed by atoms with Gasteiger partial charge >= 0.3 is 0 Å². The number of phenols is 1. The van der Waals surface area contributed by atoms with Crippen LogP contribution in [0, 0.1) is 47.0 Å². The molecular weight excluding hydrogens is 725 g/mol. The predicted octanol–water partition coefficient (Wildman–Crippen LogP) is 10.4. The van der Waals surface area contributed by atoms with Gasteiger partial charge in [-0.2, -0.15) is 0 Å². The minimum Gasteiger partial charge on any atom is -0.508 e. The van der Waals surface area contributed by atoms with Gasteiger partial charge in [0.2, 0.25) is 0 Å². The quantitative estimate of drug-likeness (QED) is 0.155. The summed E-state index contributed by atoms with van der Waals surface area (Å²) in [4.78, 5) is 0. The first-order valence-electron chi connectivity index (χ1n) is 22.4. The first-order valence-corrected chi connectivity index (χ1v) is 22.4. The van der Waals surface area contributed by atoms with Crippen LogP contribution in [0.4, 0.5) is 0 Å². The van der Waals surface area contributed by atoms with Gasteiger partial charge in [0, 0.05) is 42.6 Å². The Bertz CT molecular complexity index is 2100. The first kappa shape index (κ1) is 39.3. The van der Waals surface area contributed by atoms with Gasteiger partial charge in [-0.15, -0.1) is 0 Å². The van der Waals surface area contributed by atoms with Crippen LogP contribution >= 0.6 is 0 Å². The van der Waals surface area contributed by atoms with Crippen molar-refractivity contribution in [3.63, 3.8) is 0 Å². The number of fused-ring (bicyclic) bond motifs is 7. The topological polar surface area (TPSA) is 97.6 Å². The van der Waals surface area contributed by atoms with Gasteiger partial charge in [-0.05, 0) is 145 Å². The number of aliphatic hydroxyl groups is 2. The van der Waals surface area contributed by atoms with Gasteiger partial charge in [-0.25, -0.2) is 0 Å². The van der Waals surface area contributed by atoms with Gasteiger partial charge in [0.1, 0.15) is 35.6 Å². The molecule has 0 bridgehead atoms. The Morgan fingerprint density at radius 2 is 1.83 bits per heavy atom. The standard InChI is InChI=1S/C51H62O7/c1-5-31-22-34(11-10-32(31)15-19-52)38-23-36-25-41(53)37(21-30(2)3)24-39(36)49-46(55-4)28-44-40(48(38)49)27-42(54)50(58-44)35-12-13-43-45(26-35)57-47-29-51(16-6-7-17-51)18-14-33(47)9-8-20-56-43/h10-13,24-26,28,30-34,38,42,47,50,52-54H,5-7,9,14-19,21-23,27,29H2,1-4H3. The number of hydrogen-bond acceptors (Lipinski definition) is 7. The lowest BCUT2D eigenvalue weighted by molar-refractivity contribution is 0.0165. The van der Waals surface area contributed by atoms with E-state index in [4.69, 9.17) is 18.9 Å². The molecule has 1 spiro atoms. The van der Waals surface area contributed by atoms with E-state index in [1.165, 1.54) is 37.7 Å². The van der Waals surface area contributed by atoms with Crippen LogP contribution in [0.5, 0.6) is 28.7 Å². The summed E-state index contributed by atoms with van der Waals surface area (Å²) in [6.07, 6.45) is 20.6. The van der Waals surface area contributed by atoms with Gasteiger partial charge < -0.3 is 34.3 Å². The Labute approximate surface area is 345 Å². The zero-order valence-corrected chi connectivity index (χ0v) is 34.9. The normalized spacial score (nSPS) is 29.1. The van der Waals surface area contributed by atoms with Crippen molar-refractivity contribution >= 4 is 0 Å². The van der Waals surface area contributed by atoms with Crippen LogP contribution in [0.3, 0.4) is 0 Å². The van der Waals surface area contributed by atoms with Crippen LogP contribution in [0.15, 0.2) is 48.6 Å². The van der Waals surface area contributed by atoms with Crippen LogP contribution in [0.2, 0.25) is 0 Å².